The molecule has 0 saturated carbocycles. The van der Waals surface area contributed by atoms with Crippen LogP contribution in [-0.2, 0) is 0 Å². The Balaban J connectivity index is 0.00000240. The molecule has 0 bridgehead atoms. The molecule has 2 aromatic rings. The minimum absolute atomic E-state index is 0. The molecule has 2 aliphatic heterocycles. The first-order chi connectivity index (χ1) is 13.4. The number of nitrogens with one attached hydrogen (secondary N) is 1. The molecule has 1 unspecified atom stereocenters. The standard InChI is InChI=1S/C22H23N3O3.ClH/c1-13-4-5-14(2)19(10-13)25-21(27)17-7-6-16(11-18(17)22(25)28)20(26)24-9-8-23-15(3)12-24;/h4-7,10-11,15,23H,8-9,12H2,1-3H3;1H. The number of nitrogens with zero attached hydrogens (tertiary/aromatic N) is 2. The first kappa shape index (κ1) is 21.0. The van der Waals surface area contributed by atoms with E-state index in [4.69, 9.17) is 0 Å². The van der Waals surface area contributed by atoms with E-state index < -0.39 is 0 Å². The lowest BCUT2D eigenvalue weighted by molar-refractivity contribution is 0.0708. The number of anilines is 1. The number of hydrogen-bond acceptors (Lipinski definition) is 4. The molecular formula is C22H24ClN3O3. The smallest absolute Gasteiger partial charge is 0.266 e. The van der Waals surface area contributed by atoms with Crippen LogP contribution in [-0.4, -0.2) is 48.3 Å². The Bertz CT molecular complexity index is 1000. The second-order valence-corrected chi connectivity index (χ2v) is 7.60. The zero-order chi connectivity index (χ0) is 20.0. The van der Waals surface area contributed by atoms with Gasteiger partial charge in [-0.05, 0) is 56.2 Å². The molecule has 7 heteroatoms. The van der Waals surface area contributed by atoms with Crippen LogP contribution in [0, 0.1) is 13.8 Å². The monoisotopic (exact) mass is 413 g/mol. The van der Waals surface area contributed by atoms with Crippen molar-refractivity contribution in [3.05, 3.63) is 64.2 Å². The van der Waals surface area contributed by atoms with Crippen molar-refractivity contribution in [2.75, 3.05) is 24.5 Å². The lowest BCUT2D eigenvalue weighted by atomic mass is 10.0. The van der Waals surface area contributed by atoms with E-state index in [-0.39, 0.29) is 36.2 Å². The third-order valence-corrected chi connectivity index (χ3v) is 5.40. The fraction of sp³-hybridized carbons (Fsp3) is 0.318. The van der Waals surface area contributed by atoms with Gasteiger partial charge in [-0.2, -0.15) is 0 Å². The van der Waals surface area contributed by atoms with Crippen molar-refractivity contribution < 1.29 is 14.4 Å². The molecule has 6 nitrogen and oxygen atoms in total. The van der Waals surface area contributed by atoms with Gasteiger partial charge in [0.1, 0.15) is 0 Å². The van der Waals surface area contributed by atoms with Gasteiger partial charge in [0.15, 0.2) is 0 Å². The molecule has 4 rings (SSSR count). The minimum Gasteiger partial charge on any atom is -0.336 e. The second kappa shape index (κ2) is 7.97. The Kier molecular flexibility index (Phi) is 5.78. The predicted molar refractivity (Wildman–Crippen MR) is 114 cm³/mol. The van der Waals surface area contributed by atoms with Crippen LogP contribution in [0.5, 0.6) is 0 Å². The van der Waals surface area contributed by atoms with Crippen LogP contribution >= 0.6 is 12.4 Å². The number of halogens is 1. The number of amides is 3. The van der Waals surface area contributed by atoms with Crippen LogP contribution in [0.3, 0.4) is 0 Å². The molecule has 0 radical (unpaired) electrons. The predicted octanol–water partition coefficient (Wildman–Crippen LogP) is 2.96. The number of benzene rings is 2. The molecule has 0 aromatic heterocycles. The summed E-state index contributed by atoms with van der Waals surface area (Å²) in [5.41, 5.74) is 3.50. The first-order valence-corrected chi connectivity index (χ1v) is 9.49. The summed E-state index contributed by atoms with van der Waals surface area (Å²) in [5.74, 6) is -0.831. The third-order valence-electron chi connectivity index (χ3n) is 5.40. The Morgan fingerprint density at radius 2 is 1.76 bits per heavy atom. The fourth-order valence-electron chi connectivity index (χ4n) is 3.85. The summed E-state index contributed by atoms with van der Waals surface area (Å²) in [6.07, 6.45) is 0. The molecule has 3 amide bonds. The van der Waals surface area contributed by atoms with Crippen molar-refractivity contribution in [3.63, 3.8) is 0 Å². The Hall–Kier alpha value is -2.70. The largest absolute Gasteiger partial charge is 0.336 e. The molecule has 2 heterocycles. The topological polar surface area (TPSA) is 69.7 Å². The zero-order valence-electron chi connectivity index (χ0n) is 16.7. The number of imide groups is 1. The second-order valence-electron chi connectivity index (χ2n) is 7.60. The Morgan fingerprint density at radius 1 is 1.03 bits per heavy atom. The number of aryl methyl sites for hydroxylation is 2. The van der Waals surface area contributed by atoms with Gasteiger partial charge in [0.2, 0.25) is 0 Å². The zero-order valence-corrected chi connectivity index (χ0v) is 17.5. The molecule has 2 aliphatic rings. The molecule has 1 fully saturated rings. The van der Waals surface area contributed by atoms with E-state index in [0.29, 0.717) is 35.5 Å². The van der Waals surface area contributed by atoms with E-state index in [2.05, 4.69) is 5.32 Å². The molecule has 1 saturated heterocycles. The summed E-state index contributed by atoms with van der Waals surface area (Å²) in [6.45, 7) is 7.83. The molecule has 0 spiro atoms. The summed E-state index contributed by atoms with van der Waals surface area (Å²) in [7, 11) is 0. The van der Waals surface area contributed by atoms with Crippen LogP contribution in [0.1, 0.15) is 49.1 Å². The van der Waals surface area contributed by atoms with Gasteiger partial charge in [0, 0.05) is 31.2 Å². The summed E-state index contributed by atoms with van der Waals surface area (Å²) in [4.78, 5) is 41.8. The number of carbonyl (C=O) groups excluding carboxylic acids is 3. The number of carbonyl (C=O) groups is 3. The van der Waals surface area contributed by atoms with Gasteiger partial charge in [-0.15, -0.1) is 12.4 Å². The SMILES string of the molecule is Cc1ccc(C)c(N2C(=O)c3ccc(C(=O)N4CCNC(C)C4)cc3C2=O)c1.Cl. The van der Waals surface area contributed by atoms with E-state index in [1.807, 2.05) is 39.0 Å². The van der Waals surface area contributed by atoms with Gasteiger partial charge in [-0.1, -0.05) is 12.1 Å². The molecule has 152 valence electrons. The van der Waals surface area contributed by atoms with E-state index >= 15 is 0 Å². The van der Waals surface area contributed by atoms with E-state index in [0.717, 1.165) is 17.7 Å². The molecule has 2 aromatic carbocycles. The number of piperazine rings is 1. The maximum absolute atomic E-state index is 13.0. The molecule has 0 aliphatic carbocycles. The van der Waals surface area contributed by atoms with Gasteiger partial charge in [0.25, 0.3) is 17.7 Å². The van der Waals surface area contributed by atoms with Gasteiger partial charge in [0.05, 0.1) is 16.8 Å². The lowest BCUT2D eigenvalue weighted by Crippen LogP contribution is -2.51. The van der Waals surface area contributed by atoms with Crippen molar-refractivity contribution in [1.82, 2.24) is 10.2 Å². The van der Waals surface area contributed by atoms with Crippen molar-refractivity contribution in [3.8, 4) is 0 Å². The normalized spacial score (nSPS) is 18.5. The summed E-state index contributed by atoms with van der Waals surface area (Å²) in [6, 6.07) is 10.7. The number of fused-ring (bicyclic) bond motifs is 1. The van der Waals surface area contributed by atoms with Crippen LogP contribution in [0.2, 0.25) is 0 Å². The van der Waals surface area contributed by atoms with E-state index in [9.17, 15) is 14.4 Å². The highest BCUT2D eigenvalue weighted by molar-refractivity contribution is 6.35. The number of hydrogen-bond donors (Lipinski definition) is 1. The van der Waals surface area contributed by atoms with Crippen LogP contribution in [0.15, 0.2) is 36.4 Å². The molecular weight excluding hydrogens is 390 g/mol. The van der Waals surface area contributed by atoms with Gasteiger partial charge >= 0.3 is 0 Å². The summed E-state index contributed by atoms with van der Waals surface area (Å²) in [5, 5.41) is 3.31. The van der Waals surface area contributed by atoms with Gasteiger partial charge < -0.3 is 10.2 Å². The lowest BCUT2D eigenvalue weighted by Gasteiger charge is -2.32. The highest BCUT2D eigenvalue weighted by Crippen LogP contribution is 2.32. The molecule has 1 atom stereocenters. The fourth-order valence-corrected chi connectivity index (χ4v) is 3.85. The van der Waals surface area contributed by atoms with Crippen molar-refractivity contribution >= 4 is 35.8 Å². The quantitative estimate of drug-likeness (QED) is 0.768. The molecule has 1 N–H and O–H groups in total. The highest BCUT2D eigenvalue weighted by atomic mass is 35.5. The Morgan fingerprint density at radius 3 is 2.48 bits per heavy atom. The third kappa shape index (κ3) is 3.66. The Labute approximate surface area is 176 Å². The van der Waals surface area contributed by atoms with Crippen molar-refractivity contribution in [2.45, 2.75) is 26.8 Å². The van der Waals surface area contributed by atoms with Crippen molar-refractivity contribution in [2.24, 2.45) is 0 Å². The summed E-state index contributed by atoms with van der Waals surface area (Å²) >= 11 is 0. The van der Waals surface area contributed by atoms with Gasteiger partial charge in [-0.3, -0.25) is 14.4 Å². The maximum Gasteiger partial charge on any atom is 0.266 e. The highest BCUT2D eigenvalue weighted by Gasteiger charge is 2.38. The number of rotatable bonds is 2. The molecule has 29 heavy (non-hydrogen) atoms. The van der Waals surface area contributed by atoms with Gasteiger partial charge in [-0.25, -0.2) is 4.90 Å². The summed E-state index contributed by atoms with van der Waals surface area (Å²) < 4.78 is 0. The van der Waals surface area contributed by atoms with E-state index in [1.54, 1.807) is 23.1 Å². The minimum atomic E-state index is -0.378. The van der Waals surface area contributed by atoms with Crippen LogP contribution < -0.4 is 10.2 Å². The first-order valence-electron chi connectivity index (χ1n) is 9.49. The maximum atomic E-state index is 13.0. The average Bonchev–Trinajstić information content (AvgIpc) is 2.93. The van der Waals surface area contributed by atoms with Crippen LogP contribution in [0.25, 0.3) is 0 Å². The van der Waals surface area contributed by atoms with Crippen molar-refractivity contribution in [1.29, 1.82) is 0 Å². The average molecular weight is 414 g/mol. The van der Waals surface area contributed by atoms with E-state index in [1.165, 1.54) is 4.90 Å². The van der Waals surface area contributed by atoms with Crippen LogP contribution in [0.4, 0.5) is 5.69 Å².